The summed E-state index contributed by atoms with van der Waals surface area (Å²) in [4.78, 5) is 0. The zero-order valence-corrected chi connectivity index (χ0v) is 18.0. The molecular formula is C29H30N2. The van der Waals surface area contributed by atoms with E-state index >= 15 is 0 Å². The lowest BCUT2D eigenvalue weighted by molar-refractivity contribution is 0.572. The Morgan fingerprint density at radius 3 is 1.90 bits per heavy atom. The minimum absolute atomic E-state index is 0.931. The monoisotopic (exact) mass is 406 g/mol. The Balaban J connectivity index is 1.12. The van der Waals surface area contributed by atoms with Gasteiger partial charge in [-0.15, -0.1) is 0 Å². The van der Waals surface area contributed by atoms with Crippen LogP contribution in [0, 0.1) is 0 Å². The summed E-state index contributed by atoms with van der Waals surface area (Å²) in [5.74, 6) is 0. The maximum Gasteiger partial charge on any atom is 0.0211 e. The van der Waals surface area contributed by atoms with Crippen LogP contribution in [-0.2, 0) is 13.1 Å². The topological polar surface area (TPSA) is 24.1 Å². The molecule has 2 heteroatoms. The highest BCUT2D eigenvalue weighted by molar-refractivity contribution is 6.23. The number of unbranched alkanes of at least 4 members (excludes halogenated alkanes) is 2. The van der Waals surface area contributed by atoms with Crippen molar-refractivity contribution < 1.29 is 0 Å². The molecule has 0 aliphatic heterocycles. The molecule has 0 aliphatic rings. The molecule has 0 fully saturated rings. The lowest BCUT2D eigenvalue weighted by atomic mass is 9.92. The summed E-state index contributed by atoms with van der Waals surface area (Å²) in [5, 5.41) is 15.4. The van der Waals surface area contributed by atoms with E-state index in [2.05, 4.69) is 95.6 Å². The van der Waals surface area contributed by atoms with Crippen LogP contribution in [0.1, 0.15) is 30.4 Å². The van der Waals surface area contributed by atoms with Gasteiger partial charge in [-0.05, 0) is 69.4 Å². The molecule has 2 N–H and O–H groups in total. The van der Waals surface area contributed by atoms with Gasteiger partial charge in [0.1, 0.15) is 0 Å². The molecule has 0 heterocycles. The molecule has 2 nitrogen and oxygen atoms in total. The van der Waals surface area contributed by atoms with Gasteiger partial charge >= 0.3 is 0 Å². The van der Waals surface area contributed by atoms with Gasteiger partial charge in [-0.1, -0.05) is 91.3 Å². The van der Waals surface area contributed by atoms with Crippen molar-refractivity contribution in [2.24, 2.45) is 0 Å². The van der Waals surface area contributed by atoms with Gasteiger partial charge < -0.3 is 10.6 Å². The second kappa shape index (κ2) is 9.47. The van der Waals surface area contributed by atoms with E-state index in [1.807, 2.05) is 0 Å². The van der Waals surface area contributed by atoms with Crippen LogP contribution in [-0.4, -0.2) is 13.1 Å². The van der Waals surface area contributed by atoms with Crippen LogP contribution in [0.15, 0.2) is 84.9 Å². The highest BCUT2D eigenvalue weighted by Crippen LogP contribution is 2.35. The lowest BCUT2D eigenvalue weighted by Gasteiger charge is -2.14. The molecule has 0 spiro atoms. The van der Waals surface area contributed by atoms with Crippen LogP contribution < -0.4 is 10.6 Å². The maximum absolute atomic E-state index is 3.67. The van der Waals surface area contributed by atoms with E-state index in [9.17, 15) is 0 Å². The fraction of sp³-hybridized carbons (Fsp3) is 0.241. The molecular weight excluding hydrogens is 376 g/mol. The summed E-state index contributed by atoms with van der Waals surface area (Å²) in [6, 6.07) is 30.9. The molecule has 0 aromatic heterocycles. The van der Waals surface area contributed by atoms with Gasteiger partial charge in [0.2, 0.25) is 0 Å². The second-order valence-corrected chi connectivity index (χ2v) is 8.48. The molecule has 5 aromatic carbocycles. The Morgan fingerprint density at radius 1 is 0.484 bits per heavy atom. The number of rotatable bonds is 10. The Labute approximate surface area is 184 Å². The Hall–Kier alpha value is -2.94. The van der Waals surface area contributed by atoms with Crippen LogP contribution >= 0.6 is 0 Å². The van der Waals surface area contributed by atoms with E-state index in [1.54, 1.807) is 0 Å². The van der Waals surface area contributed by atoms with Gasteiger partial charge in [0.15, 0.2) is 0 Å². The summed E-state index contributed by atoms with van der Waals surface area (Å²) >= 11 is 0. The molecule has 0 saturated heterocycles. The number of benzene rings is 5. The van der Waals surface area contributed by atoms with Crippen LogP contribution in [0.3, 0.4) is 0 Å². The highest BCUT2D eigenvalue weighted by atomic mass is 14.9. The zero-order chi connectivity index (χ0) is 20.9. The first kappa shape index (κ1) is 20.0. The predicted octanol–water partition coefficient (Wildman–Crippen LogP) is 6.63. The first-order chi connectivity index (χ1) is 15.4. The molecule has 0 bridgehead atoms. The third kappa shape index (κ3) is 4.41. The van der Waals surface area contributed by atoms with Crippen molar-refractivity contribution in [1.82, 2.24) is 10.6 Å². The summed E-state index contributed by atoms with van der Waals surface area (Å²) in [7, 11) is 0. The summed E-state index contributed by atoms with van der Waals surface area (Å²) in [6.45, 7) is 4.05. The third-order valence-electron chi connectivity index (χ3n) is 6.31. The van der Waals surface area contributed by atoms with Gasteiger partial charge in [0.05, 0.1) is 0 Å². The van der Waals surface area contributed by atoms with E-state index in [-0.39, 0.29) is 0 Å². The SMILES string of the molecule is c1ccc(CNCCCCCNCc2ccc3ccc4cccc5ccc2c3c45)cc1. The van der Waals surface area contributed by atoms with Crippen molar-refractivity contribution in [2.75, 3.05) is 13.1 Å². The molecule has 0 aliphatic carbocycles. The minimum atomic E-state index is 0.931. The molecule has 5 aromatic rings. The maximum atomic E-state index is 3.67. The fourth-order valence-electron chi connectivity index (χ4n) is 4.68. The average molecular weight is 407 g/mol. The molecule has 156 valence electrons. The normalized spacial score (nSPS) is 11.7. The Bertz CT molecular complexity index is 1240. The van der Waals surface area contributed by atoms with Crippen LogP contribution in [0.25, 0.3) is 32.3 Å². The van der Waals surface area contributed by atoms with E-state index in [4.69, 9.17) is 0 Å². The van der Waals surface area contributed by atoms with E-state index in [0.717, 1.165) is 26.2 Å². The molecule has 0 atom stereocenters. The predicted molar refractivity (Wildman–Crippen MR) is 134 cm³/mol. The first-order valence-corrected chi connectivity index (χ1v) is 11.5. The van der Waals surface area contributed by atoms with Crippen LogP contribution in [0.4, 0.5) is 0 Å². The third-order valence-corrected chi connectivity index (χ3v) is 6.31. The van der Waals surface area contributed by atoms with E-state index in [1.165, 1.54) is 62.7 Å². The molecule has 0 radical (unpaired) electrons. The summed E-state index contributed by atoms with van der Waals surface area (Å²) < 4.78 is 0. The van der Waals surface area contributed by atoms with Crippen molar-refractivity contribution in [3.8, 4) is 0 Å². The number of nitrogens with one attached hydrogen (secondary N) is 2. The molecule has 0 unspecified atom stereocenters. The molecule has 0 amide bonds. The zero-order valence-electron chi connectivity index (χ0n) is 18.0. The molecule has 0 saturated carbocycles. The fourth-order valence-corrected chi connectivity index (χ4v) is 4.68. The Morgan fingerprint density at radius 2 is 1.13 bits per heavy atom. The Kier molecular flexibility index (Phi) is 6.10. The van der Waals surface area contributed by atoms with Crippen molar-refractivity contribution in [1.29, 1.82) is 0 Å². The number of hydrogen-bond donors (Lipinski definition) is 2. The minimum Gasteiger partial charge on any atom is -0.313 e. The van der Waals surface area contributed by atoms with Gasteiger partial charge in [-0.3, -0.25) is 0 Å². The highest BCUT2D eigenvalue weighted by Gasteiger charge is 2.10. The number of hydrogen-bond acceptors (Lipinski definition) is 2. The summed E-state index contributed by atoms with van der Waals surface area (Å²) in [5.41, 5.74) is 2.76. The average Bonchev–Trinajstić information content (AvgIpc) is 2.82. The van der Waals surface area contributed by atoms with E-state index < -0.39 is 0 Å². The standard InChI is InChI=1S/C29H30N2/c1-3-8-22(9-4-1)20-30-18-5-2-6-19-31-21-26-15-14-25-13-12-23-10-7-11-24-16-17-27(26)29(25)28(23)24/h1,3-4,7-17,30-31H,2,5-6,18-21H2. The second-order valence-electron chi connectivity index (χ2n) is 8.48. The van der Waals surface area contributed by atoms with Gasteiger partial charge in [0, 0.05) is 13.1 Å². The van der Waals surface area contributed by atoms with Crippen molar-refractivity contribution in [3.63, 3.8) is 0 Å². The smallest absolute Gasteiger partial charge is 0.0211 e. The van der Waals surface area contributed by atoms with Crippen LogP contribution in [0.2, 0.25) is 0 Å². The molecule has 5 rings (SSSR count). The summed E-state index contributed by atoms with van der Waals surface area (Å²) in [6.07, 6.45) is 3.71. The quantitative estimate of drug-likeness (QED) is 0.201. The van der Waals surface area contributed by atoms with Gasteiger partial charge in [-0.25, -0.2) is 0 Å². The largest absolute Gasteiger partial charge is 0.313 e. The molecule has 31 heavy (non-hydrogen) atoms. The van der Waals surface area contributed by atoms with Crippen molar-refractivity contribution in [2.45, 2.75) is 32.4 Å². The van der Waals surface area contributed by atoms with E-state index in [0.29, 0.717) is 0 Å². The first-order valence-electron chi connectivity index (χ1n) is 11.5. The van der Waals surface area contributed by atoms with Crippen LogP contribution in [0.5, 0.6) is 0 Å². The van der Waals surface area contributed by atoms with Crippen molar-refractivity contribution >= 4 is 32.3 Å². The lowest BCUT2D eigenvalue weighted by Crippen LogP contribution is -2.17. The van der Waals surface area contributed by atoms with Crippen molar-refractivity contribution in [3.05, 3.63) is 96.1 Å². The van der Waals surface area contributed by atoms with Gasteiger partial charge in [-0.2, -0.15) is 0 Å². The van der Waals surface area contributed by atoms with Gasteiger partial charge in [0.25, 0.3) is 0 Å².